The lowest BCUT2D eigenvalue weighted by molar-refractivity contribution is -0.161. The van der Waals surface area contributed by atoms with Gasteiger partial charge in [0.15, 0.2) is 6.10 Å². The number of carbonyl (C=O) groups is 2. The van der Waals surface area contributed by atoms with Gasteiger partial charge in [-0.2, -0.15) is 0 Å². The summed E-state index contributed by atoms with van der Waals surface area (Å²) in [7, 11) is 0. The summed E-state index contributed by atoms with van der Waals surface area (Å²) in [5.74, 6) is -0.566. The molecule has 1 unspecified atom stereocenters. The first kappa shape index (κ1) is 54.9. The summed E-state index contributed by atoms with van der Waals surface area (Å²) in [6.07, 6.45) is 56.3. The first-order valence-electron chi connectivity index (χ1n) is 25.6. The van der Waals surface area contributed by atoms with E-state index in [1.807, 2.05) is 0 Å². The highest BCUT2D eigenvalue weighted by Gasteiger charge is 2.16. The number of esters is 2. The molecule has 0 bridgehead atoms. The van der Waals surface area contributed by atoms with Crippen molar-refractivity contribution in [3.05, 3.63) is 0 Å². The smallest absolute Gasteiger partial charge is 0.306 e. The molecule has 0 radical (unpaired) electrons. The van der Waals surface area contributed by atoms with Crippen molar-refractivity contribution in [2.45, 2.75) is 302 Å². The van der Waals surface area contributed by atoms with Crippen LogP contribution in [0.4, 0.5) is 0 Å². The van der Waals surface area contributed by atoms with E-state index in [4.69, 9.17) is 9.47 Å². The lowest BCUT2D eigenvalue weighted by atomic mass is 10.0. The highest BCUT2D eigenvalue weighted by atomic mass is 16.6. The van der Waals surface area contributed by atoms with Crippen LogP contribution in [0.2, 0.25) is 0 Å². The van der Waals surface area contributed by atoms with Crippen LogP contribution in [0.3, 0.4) is 0 Å². The fraction of sp³-hybridized carbons (Fsp3) is 0.961. The summed E-state index contributed by atoms with van der Waals surface area (Å²) in [5.41, 5.74) is 0. The average Bonchev–Trinajstić information content (AvgIpc) is 3.20. The Morgan fingerprint density at radius 2 is 0.554 bits per heavy atom. The van der Waals surface area contributed by atoms with Gasteiger partial charge in [0.25, 0.3) is 0 Å². The summed E-state index contributed by atoms with van der Waals surface area (Å²) in [6, 6.07) is 0. The zero-order valence-corrected chi connectivity index (χ0v) is 38.2. The summed E-state index contributed by atoms with van der Waals surface area (Å²) >= 11 is 0. The minimum Gasteiger partial charge on any atom is -0.462 e. The van der Waals surface area contributed by atoms with Gasteiger partial charge in [0.1, 0.15) is 6.61 Å². The predicted octanol–water partition coefficient (Wildman–Crippen LogP) is 16.6. The maximum Gasteiger partial charge on any atom is 0.306 e. The van der Waals surface area contributed by atoms with Crippen molar-refractivity contribution < 1.29 is 24.2 Å². The molecule has 0 fully saturated rings. The summed E-state index contributed by atoms with van der Waals surface area (Å²) in [5, 5.41) is 9.62. The van der Waals surface area contributed by atoms with Gasteiger partial charge >= 0.3 is 11.9 Å². The third-order valence-corrected chi connectivity index (χ3v) is 11.9. The number of hydrogen-bond acceptors (Lipinski definition) is 5. The lowest BCUT2D eigenvalue weighted by Gasteiger charge is -2.15. The second-order valence-corrected chi connectivity index (χ2v) is 17.6. The second-order valence-electron chi connectivity index (χ2n) is 17.6. The summed E-state index contributed by atoms with van der Waals surface area (Å²) in [6.45, 7) is 4.20. The van der Waals surface area contributed by atoms with Crippen LogP contribution < -0.4 is 0 Å². The van der Waals surface area contributed by atoms with E-state index < -0.39 is 6.10 Å². The first-order chi connectivity index (χ1) is 27.6. The van der Waals surface area contributed by atoms with Crippen molar-refractivity contribution in [3.63, 3.8) is 0 Å². The minimum atomic E-state index is -0.763. The van der Waals surface area contributed by atoms with Crippen LogP contribution >= 0.6 is 0 Å². The zero-order valence-electron chi connectivity index (χ0n) is 38.2. The fourth-order valence-corrected chi connectivity index (χ4v) is 8.03. The van der Waals surface area contributed by atoms with E-state index in [2.05, 4.69) is 13.8 Å². The molecule has 0 spiro atoms. The Morgan fingerprint density at radius 3 is 0.786 bits per heavy atom. The maximum atomic E-state index is 12.3. The third kappa shape index (κ3) is 45.6. The van der Waals surface area contributed by atoms with Gasteiger partial charge in [-0.15, -0.1) is 0 Å². The van der Waals surface area contributed by atoms with E-state index in [0.717, 1.165) is 32.1 Å². The predicted molar refractivity (Wildman–Crippen MR) is 242 cm³/mol. The molecule has 0 aliphatic heterocycles. The number of rotatable bonds is 48. The van der Waals surface area contributed by atoms with Gasteiger partial charge in [0.05, 0.1) is 6.61 Å². The van der Waals surface area contributed by atoms with Crippen molar-refractivity contribution in [2.75, 3.05) is 13.2 Å². The molecule has 0 amide bonds. The Bertz CT molecular complexity index is 769. The van der Waals surface area contributed by atoms with E-state index in [1.54, 1.807) is 0 Å². The average molecular weight is 793 g/mol. The van der Waals surface area contributed by atoms with Crippen molar-refractivity contribution in [3.8, 4) is 0 Å². The SMILES string of the molecule is CCCCCCCCCCCCCCCCCCCCCCCCCC(=O)OC(CO)COC(=O)CCCCCCCCCCCCCCCCCCCCC. The molecule has 1 N–H and O–H groups in total. The van der Waals surface area contributed by atoms with Gasteiger partial charge in [-0.1, -0.05) is 271 Å². The van der Waals surface area contributed by atoms with Gasteiger partial charge in [0.2, 0.25) is 0 Å². The molecule has 0 aliphatic rings. The molecule has 5 heteroatoms. The Kier molecular flexibility index (Phi) is 47.3. The largest absolute Gasteiger partial charge is 0.462 e. The number of ether oxygens (including phenoxy) is 2. The molecule has 0 saturated carbocycles. The first-order valence-corrected chi connectivity index (χ1v) is 25.6. The molecule has 5 nitrogen and oxygen atoms in total. The number of aliphatic hydroxyl groups excluding tert-OH is 1. The van der Waals surface area contributed by atoms with E-state index in [1.165, 1.54) is 238 Å². The molecular formula is C51H100O5. The molecule has 0 saturated heterocycles. The van der Waals surface area contributed by atoms with Crippen LogP contribution in [0.5, 0.6) is 0 Å². The maximum absolute atomic E-state index is 12.3. The number of aliphatic hydroxyl groups is 1. The number of unbranched alkanes of at least 4 members (excludes halogenated alkanes) is 40. The minimum absolute atomic E-state index is 0.0560. The van der Waals surface area contributed by atoms with Crippen LogP contribution in [0, 0.1) is 0 Å². The topological polar surface area (TPSA) is 72.8 Å². The van der Waals surface area contributed by atoms with Gasteiger partial charge in [-0.3, -0.25) is 9.59 Å². The third-order valence-electron chi connectivity index (χ3n) is 11.9. The zero-order chi connectivity index (χ0) is 40.7. The van der Waals surface area contributed by atoms with Crippen molar-refractivity contribution in [1.82, 2.24) is 0 Å². The summed E-state index contributed by atoms with van der Waals surface area (Å²) < 4.78 is 10.7. The molecule has 56 heavy (non-hydrogen) atoms. The molecular weight excluding hydrogens is 693 g/mol. The number of hydrogen-bond donors (Lipinski definition) is 1. The van der Waals surface area contributed by atoms with Crippen LogP contribution in [0.15, 0.2) is 0 Å². The normalized spacial score (nSPS) is 12.0. The molecule has 0 heterocycles. The fourth-order valence-electron chi connectivity index (χ4n) is 8.03. The van der Waals surface area contributed by atoms with Crippen LogP contribution in [0.1, 0.15) is 296 Å². The molecule has 1 atom stereocenters. The molecule has 334 valence electrons. The van der Waals surface area contributed by atoms with Gasteiger partial charge in [-0.25, -0.2) is 0 Å². The molecule has 0 aromatic carbocycles. The van der Waals surface area contributed by atoms with Crippen molar-refractivity contribution >= 4 is 11.9 Å². The highest BCUT2D eigenvalue weighted by Crippen LogP contribution is 2.17. The summed E-state index contributed by atoms with van der Waals surface area (Å²) in [4.78, 5) is 24.4. The highest BCUT2D eigenvalue weighted by molar-refractivity contribution is 5.70. The van der Waals surface area contributed by atoms with Crippen LogP contribution in [0.25, 0.3) is 0 Å². The Labute approximate surface area is 350 Å². The molecule has 0 aromatic rings. The van der Waals surface area contributed by atoms with Crippen molar-refractivity contribution in [1.29, 1.82) is 0 Å². The number of carbonyl (C=O) groups excluding carboxylic acids is 2. The van der Waals surface area contributed by atoms with Crippen molar-refractivity contribution in [2.24, 2.45) is 0 Å². The molecule has 0 aromatic heterocycles. The standard InChI is InChI=1S/C51H100O5/c1-3-5-7-9-11-13-15-17-19-21-23-24-25-26-28-30-32-34-36-38-40-42-44-46-51(54)56-49(47-52)48-55-50(53)45-43-41-39-37-35-33-31-29-27-22-20-18-16-14-12-10-8-6-4-2/h49,52H,3-48H2,1-2H3. The van der Waals surface area contributed by atoms with Crippen LogP contribution in [-0.2, 0) is 19.1 Å². The second kappa shape index (κ2) is 48.3. The Balaban J connectivity index is 3.42. The van der Waals surface area contributed by atoms with E-state index >= 15 is 0 Å². The van der Waals surface area contributed by atoms with E-state index in [9.17, 15) is 14.7 Å². The van der Waals surface area contributed by atoms with Gasteiger partial charge in [-0.05, 0) is 12.8 Å². The van der Waals surface area contributed by atoms with Crippen LogP contribution in [-0.4, -0.2) is 36.4 Å². The monoisotopic (exact) mass is 793 g/mol. The van der Waals surface area contributed by atoms with E-state index in [0.29, 0.717) is 12.8 Å². The molecule has 0 rings (SSSR count). The Morgan fingerprint density at radius 1 is 0.339 bits per heavy atom. The van der Waals surface area contributed by atoms with Gasteiger partial charge in [0, 0.05) is 12.8 Å². The molecule has 0 aliphatic carbocycles. The quantitative estimate of drug-likeness (QED) is 0.0491. The van der Waals surface area contributed by atoms with Gasteiger partial charge < -0.3 is 14.6 Å². The van der Waals surface area contributed by atoms with E-state index in [-0.39, 0.29) is 25.2 Å². The lowest BCUT2D eigenvalue weighted by Crippen LogP contribution is -2.28. The Hall–Kier alpha value is -1.10.